The van der Waals surface area contributed by atoms with Crippen molar-refractivity contribution in [2.45, 2.75) is 26.9 Å². The molecule has 0 amide bonds. The fraction of sp³-hybridized carbons (Fsp3) is 0.400. The van der Waals surface area contributed by atoms with Crippen LogP contribution in [0.25, 0.3) is 0 Å². The number of nitrogens with two attached hydrogens (primary N) is 1. The van der Waals surface area contributed by atoms with Gasteiger partial charge < -0.3 is 5.73 Å². The van der Waals surface area contributed by atoms with Gasteiger partial charge in [0, 0.05) is 0 Å². The van der Waals surface area contributed by atoms with Crippen molar-refractivity contribution in [3.8, 4) is 0 Å². The zero-order valence-electron chi connectivity index (χ0n) is 8.74. The van der Waals surface area contributed by atoms with Gasteiger partial charge in [-0.2, -0.15) is 13.2 Å². The second kappa shape index (κ2) is 5.00. The van der Waals surface area contributed by atoms with E-state index in [-0.39, 0.29) is 11.3 Å². The minimum Gasteiger partial charge on any atom is -0.396 e. The Kier molecular flexibility index (Phi) is 4.58. The Hall–Kier alpha value is -1.26. The summed E-state index contributed by atoms with van der Waals surface area (Å²) in [6.45, 7) is 5.33. The van der Waals surface area contributed by atoms with Crippen molar-refractivity contribution in [1.82, 2.24) is 0 Å². The topological polar surface area (TPSA) is 26.0 Å². The SMILES string of the molecule is CC.Cc1cc(C(F)(F)F)cc(F)c1N. The third-order valence-corrected chi connectivity index (χ3v) is 1.66. The van der Waals surface area contributed by atoms with Crippen molar-refractivity contribution >= 4 is 5.69 Å². The van der Waals surface area contributed by atoms with Gasteiger partial charge in [0.15, 0.2) is 0 Å². The zero-order chi connectivity index (χ0) is 12.2. The molecule has 2 N–H and O–H groups in total. The standard InChI is InChI=1S/C8H7F4N.C2H6/c1-4-2-5(8(10,11)12)3-6(9)7(4)13;1-2/h2-3H,13H2,1H3;1-2H3. The van der Waals surface area contributed by atoms with E-state index >= 15 is 0 Å². The van der Waals surface area contributed by atoms with E-state index in [0.29, 0.717) is 6.07 Å². The molecule has 1 aromatic rings. The molecular formula is C10H13F4N. The minimum absolute atomic E-state index is 0.0901. The first-order valence-electron chi connectivity index (χ1n) is 4.45. The molecule has 86 valence electrons. The van der Waals surface area contributed by atoms with E-state index in [9.17, 15) is 17.6 Å². The number of benzene rings is 1. The molecule has 0 radical (unpaired) electrons. The molecule has 1 nitrogen and oxygen atoms in total. The van der Waals surface area contributed by atoms with Gasteiger partial charge in [-0.15, -0.1) is 0 Å². The number of alkyl halides is 3. The lowest BCUT2D eigenvalue weighted by Crippen LogP contribution is -2.07. The zero-order valence-corrected chi connectivity index (χ0v) is 8.74. The van der Waals surface area contributed by atoms with Crippen LogP contribution in [0, 0.1) is 12.7 Å². The highest BCUT2D eigenvalue weighted by molar-refractivity contribution is 5.49. The Balaban J connectivity index is 0.000000921. The molecule has 0 heterocycles. The molecule has 0 fully saturated rings. The Morgan fingerprint density at radius 2 is 1.60 bits per heavy atom. The van der Waals surface area contributed by atoms with Crippen LogP contribution in [0.2, 0.25) is 0 Å². The van der Waals surface area contributed by atoms with Crippen LogP contribution in [0.1, 0.15) is 25.0 Å². The molecule has 0 atom stereocenters. The number of hydrogen-bond donors (Lipinski definition) is 1. The van der Waals surface area contributed by atoms with Gasteiger partial charge in [-0.25, -0.2) is 4.39 Å². The van der Waals surface area contributed by atoms with Crippen LogP contribution in [0.4, 0.5) is 23.2 Å². The van der Waals surface area contributed by atoms with E-state index in [0.717, 1.165) is 6.07 Å². The van der Waals surface area contributed by atoms with Gasteiger partial charge in [-0.1, -0.05) is 13.8 Å². The first-order chi connectivity index (χ1) is 6.82. The fourth-order valence-electron chi connectivity index (χ4n) is 0.919. The summed E-state index contributed by atoms with van der Waals surface area (Å²) in [7, 11) is 0. The smallest absolute Gasteiger partial charge is 0.396 e. The molecular weight excluding hydrogens is 210 g/mol. The molecule has 1 rings (SSSR count). The summed E-state index contributed by atoms with van der Waals surface area (Å²) >= 11 is 0. The molecule has 0 aromatic heterocycles. The molecule has 5 heteroatoms. The van der Waals surface area contributed by atoms with E-state index in [1.165, 1.54) is 6.92 Å². The summed E-state index contributed by atoms with van der Waals surface area (Å²) in [4.78, 5) is 0. The largest absolute Gasteiger partial charge is 0.416 e. The number of nitrogen functional groups attached to an aromatic ring is 1. The molecule has 0 aliphatic rings. The summed E-state index contributed by atoms with van der Waals surface area (Å²) in [5.74, 6) is -1.03. The predicted octanol–water partition coefficient (Wildman–Crippen LogP) is 3.76. The lowest BCUT2D eigenvalue weighted by Gasteiger charge is -2.09. The van der Waals surface area contributed by atoms with Crippen LogP contribution < -0.4 is 5.73 Å². The number of halogens is 4. The molecule has 0 aliphatic carbocycles. The third kappa shape index (κ3) is 3.42. The summed E-state index contributed by atoms with van der Waals surface area (Å²) < 4.78 is 49.0. The quantitative estimate of drug-likeness (QED) is 0.526. The Labute approximate surface area is 85.9 Å². The van der Waals surface area contributed by atoms with Crippen molar-refractivity contribution in [3.05, 3.63) is 29.1 Å². The average Bonchev–Trinajstić information content (AvgIpc) is 2.15. The highest BCUT2D eigenvalue weighted by Gasteiger charge is 2.31. The van der Waals surface area contributed by atoms with Crippen LogP contribution in [0.3, 0.4) is 0 Å². The van der Waals surface area contributed by atoms with Gasteiger partial charge in [0.2, 0.25) is 0 Å². The molecule has 1 aromatic carbocycles. The lowest BCUT2D eigenvalue weighted by molar-refractivity contribution is -0.137. The summed E-state index contributed by atoms with van der Waals surface area (Å²) in [6.07, 6.45) is -4.53. The van der Waals surface area contributed by atoms with Crippen LogP contribution in [-0.2, 0) is 6.18 Å². The first-order valence-corrected chi connectivity index (χ1v) is 4.45. The lowest BCUT2D eigenvalue weighted by atomic mass is 10.1. The highest BCUT2D eigenvalue weighted by atomic mass is 19.4. The number of rotatable bonds is 0. The van der Waals surface area contributed by atoms with E-state index in [4.69, 9.17) is 5.73 Å². The van der Waals surface area contributed by atoms with Crippen molar-refractivity contribution in [3.63, 3.8) is 0 Å². The van der Waals surface area contributed by atoms with Crippen LogP contribution in [-0.4, -0.2) is 0 Å². The molecule has 0 spiro atoms. The summed E-state index contributed by atoms with van der Waals surface area (Å²) in [5, 5.41) is 0. The summed E-state index contributed by atoms with van der Waals surface area (Å²) in [5.41, 5.74) is 3.98. The molecule has 0 bridgehead atoms. The van der Waals surface area contributed by atoms with Gasteiger partial charge in [-0.3, -0.25) is 0 Å². The molecule has 0 aliphatic heterocycles. The van der Waals surface area contributed by atoms with E-state index < -0.39 is 17.6 Å². The van der Waals surface area contributed by atoms with Gasteiger partial charge in [0.1, 0.15) is 5.82 Å². The van der Waals surface area contributed by atoms with Crippen LogP contribution in [0.15, 0.2) is 12.1 Å². The molecule has 15 heavy (non-hydrogen) atoms. The second-order valence-corrected chi connectivity index (χ2v) is 2.69. The van der Waals surface area contributed by atoms with E-state index in [1.54, 1.807) is 0 Å². The van der Waals surface area contributed by atoms with Crippen LogP contribution >= 0.6 is 0 Å². The highest BCUT2D eigenvalue weighted by Crippen LogP contribution is 2.32. The van der Waals surface area contributed by atoms with Crippen molar-refractivity contribution < 1.29 is 17.6 Å². The minimum atomic E-state index is -4.53. The molecule has 0 saturated heterocycles. The maximum atomic E-state index is 12.7. The van der Waals surface area contributed by atoms with Gasteiger partial charge >= 0.3 is 6.18 Å². The summed E-state index contributed by atoms with van der Waals surface area (Å²) in [6, 6.07) is 1.21. The number of hydrogen-bond acceptors (Lipinski definition) is 1. The van der Waals surface area contributed by atoms with Gasteiger partial charge in [0.05, 0.1) is 11.3 Å². The Morgan fingerprint density at radius 3 is 1.93 bits per heavy atom. The second-order valence-electron chi connectivity index (χ2n) is 2.69. The van der Waals surface area contributed by atoms with Crippen molar-refractivity contribution in [2.75, 3.05) is 5.73 Å². The first kappa shape index (κ1) is 13.7. The average molecular weight is 223 g/mol. The van der Waals surface area contributed by atoms with Crippen molar-refractivity contribution in [1.29, 1.82) is 0 Å². The molecule has 0 unspecified atom stereocenters. The number of aryl methyl sites for hydroxylation is 1. The Bertz CT molecular complexity index is 308. The van der Waals surface area contributed by atoms with Crippen LogP contribution in [0.5, 0.6) is 0 Å². The van der Waals surface area contributed by atoms with E-state index in [2.05, 4.69) is 0 Å². The maximum Gasteiger partial charge on any atom is 0.416 e. The van der Waals surface area contributed by atoms with E-state index in [1.807, 2.05) is 13.8 Å². The normalized spacial score (nSPS) is 10.6. The monoisotopic (exact) mass is 223 g/mol. The predicted molar refractivity (Wildman–Crippen MR) is 51.9 cm³/mol. The Morgan fingerprint density at radius 1 is 1.13 bits per heavy atom. The molecule has 0 saturated carbocycles. The maximum absolute atomic E-state index is 12.7. The number of anilines is 1. The van der Waals surface area contributed by atoms with Gasteiger partial charge in [-0.05, 0) is 24.6 Å². The van der Waals surface area contributed by atoms with Gasteiger partial charge in [0.25, 0.3) is 0 Å². The fourth-order valence-corrected chi connectivity index (χ4v) is 0.919. The third-order valence-electron chi connectivity index (χ3n) is 1.66. The van der Waals surface area contributed by atoms with Crippen molar-refractivity contribution in [2.24, 2.45) is 0 Å².